The number of hydrogen-bond donors (Lipinski definition) is 1. The van der Waals surface area contributed by atoms with E-state index in [9.17, 15) is 13.2 Å². The predicted octanol–water partition coefficient (Wildman–Crippen LogP) is 4.64. The third kappa shape index (κ3) is 6.12. The van der Waals surface area contributed by atoms with E-state index < -0.39 is 12.6 Å². The molecule has 1 aromatic rings. The molecule has 0 fully saturated rings. The number of nitrogens with zero attached hydrogens (tertiary/aromatic N) is 1. The molecule has 0 atom stereocenters. The van der Waals surface area contributed by atoms with Gasteiger partial charge in [-0.15, -0.1) is 0 Å². The summed E-state index contributed by atoms with van der Waals surface area (Å²) >= 11 is 9.09. The van der Waals surface area contributed by atoms with Crippen LogP contribution in [0.5, 0.6) is 0 Å². The molecular weight excluding hydrogens is 320 g/mol. The Bertz CT molecular complexity index is 371. The van der Waals surface area contributed by atoms with Crippen LogP contribution in [0.2, 0.25) is 5.02 Å². The molecule has 7 heteroatoms. The van der Waals surface area contributed by atoms with E-state index in [0.29, 0.717) is 23.8 Å². The first kappa shape index (κ1) is 14.6. The van der Waals surface area contributed by atoms with Gasteiger partial charge in [0.2, 0.25) is 0 Å². The van der Waals surface area contributed by atoms with Crippen molar-refractivity contribution in [1.29, 1.82) is 0 Å². The Morgan fingerprint density at radius 3 is 2.65 bits per heavy atom. The van der Waals surface area contributed by atoms with Gasteiger partial charge in [0.25, 0.3) is 0 Å². The van der Waals surface area contributed by atoms with Gasteiger partial charge in [0.05, 0.1) is 5.02 Å². The molecule has 0 aliphatic rings. The van der Waals surface area contributed by atoms with Crippen molar-refractivity contribution in [3.05, 3.63) is 21.8 Å². The maximum atomic E-state index is 11.9. The van der Waals surface area contributed by atoms with Gasteiger partial charge in [-0.25, -0.2) is 4.98 Å². The zero-order valence-electron chi connectivity index (χ0n) is 8.82. The van der Waals surface area contributed by atoms with Crippen molar-refractivity contribution in [2.75, 3.05) is 11.9 Å². The Labute approximate surface area is 111 Å². The lowest BCUT2D eigenvalue weighted by atomic mass is 10.2. The number of aromatic nitrogens is 1. The quantitative estimate of drug-likeness (QED) is 0.795. The van der Waals surface area contributed by atoms with Crippen LogP contribution in [-0.4, -0.2) is 17.7 Å². The zero-order valence-corrected chi connectivity index (χ0v) is 11.2. The molecule has 0 unspecified atom stereocenters. The van der Waals surface area contributed by atoms with Gasteiger partial charge in [0.1, 0.15) is 5.82 Å². The van der Waals surface area contributed by atoms with E-state index in [1.165, 1.54) is 0 Å². The van der Waals surface area contributed by atoms with Gasteiger partial charge in [-0.05, 0) is 34.8 Å². The Kier molecular flexibility index (Phi) is 5.52. The van der Waals surface area contributed by atoms with E-state index >= 15 is 0 Å². The van der Waals surface area contributed by atoms with E-state index in [4.69, 9.17) is 11.6 Å². The molecule has 0 amide bonds. The van der Waals surface area contributed by atoms with Gasteiger partial charge >= 0.3 is 6.18 Å². The number of anilines is 1. The first-order chi connectivity index (χ1) is 7.88. The van der Waals surface area contributed by atoms with E-state index in [0.717, 1.165) is 4.47 Å². The second-order valence-electron chi connectivity index (χ2n) is 3.48. The Morgan fingerprint density at radius 1 is 1.35 bits per heavy atom. The van der Waals surface area contributed by atoms with Gasteiger partial charge in [0, 0.05) is 23.6 Å². The van der Waals surface area contributed by atoms with Crippen LogP contribution in [0.25, 0.3) is 0 Å². The van der Waals surface area contributed by atoms with E-state index in [-0.39, 0.29) is 6.42 Å². The number of rotatable bonds is 5. The summed E-state index contributed by atoms with van der Waals surface area (Å²) in [6, 6.07) is 1.67. The third-order valence-electron chi connectivity index (χ3n) is 1.99. The molecule has 96 valence electrons. The highest BCUT2D eigenvalue weighted by atomic mass is 79.9. The van der Waals surface area contributed by atoms with Gasteiger partial charge in [-0.1, -0.05) is 11.6 Å². The van der Waals surface area contributed by atoms with E-state index in [1.807, 2.05) is 0 Å². The van der Waals surface area contributed by atoms with Crippen molar-refractivity contribution >= 4 is 33.3 Å². The van der Waals surface area contributed by atoms with Crippen LogP contribution in [0.3, 0.4) is 0 Å². The number of pyridine rings is 1. The summed E-state index contributed by atoms with van der Waals surface area (Å²) in [4.78, 5) is 4.01. The minimum absolute atomic E-state index is 0.102. The fourth-order valence-electron chi connectivity index (χ4n) is 1.20. The van der Waals surface area contributed by atoms with Gasteiger partial charge < -0.3 is 5.32 Å². The predicted molar refractivity (Wildman–Crippen MR) is 65.3 cm³/mol. The van der Waals surface area contributed by atoms with Crippen molar-refractivity contribution in [1.82, 2.24) is 4.98 Å². The van der Waals surface area contributed by atoms with Crippen LogP contribution in [0, 0.1) is 0 Å². The van der Waals surface area contributed by atoms with Crippen LogP contribution in [0.1, 0.15) is 19.3 Å². The van der Waals surface area contributed by atoms with Crippen molar-refractivity contribution in [3.8, 4) is 0 Å². The van der Waals surface area contributed by atoms with Crippen LogP contribution in [0.4, 0.5) is 19.0 Å². The average molecular weight is 332 g/mol. The number of nitrogens with one attached hydrogen (secondary N) is 1. The van der Waals surface area contributed by atoms with E-state index in [2.05, 4.69) is 26.2 Å². The molecule has 0 bridgehead atoms. The van der Waals surface area contributed by atoms with Crippen LogP contribution >= 0.6 is 27.5 Å². The highest BCUT2D eigenvalue weighted by molar-refractivity contribution is 9.10. The Hall–Kier alpha value is -0.490. The number of unbranched alkanes of at least 4 members (excludes halogenated alkanes) is 1. The number of halogens is 5. The standard InChI is InChI=1S/C10H11BrClF3N2/c11-7-5-8(12)9(17-6-7)16-4-2-1-3-10(13,14)15/h5-6H,1-4H2,(H,16,17). The summed E-state index contributed by atoms with van der Waals surface area (Å²) in [6.07, 6.45) is -2.73. The zero-order chi connectivity index (χ0) is 12.9. The molecular formula is C10H11BrClF3N2. The first-order valence-corrected chi connectivity index (χ1v) is 6.17. The summed E-state index contributed by atoms with van der Waals surface area (Å²) in [6.45, 7) is 0.421. The Morgan fingerprint density at radius 2 is 2.06 bits per heavy atom. The van der Waals surface area contributed by atoms with Crippen LogP contribution < -0.4 is 5.32 Å². The first-order valence-electron chi connectivity index (χ1n) is 5.00. The molecule has 0 spiro atoms. The number of alkyl halides is 3. The topological polar surface area (TPSA) is 24.9 Å². The lowest BCUT2D eigenvalue weighted by Gasteiger charge is -2.08. The van der Waals surface area contributed by atoms with Gasteiger partial charge in [-0.2, -0.15) is 13.2 Å². The van der Waals surface area contributed by atoms with Gasteiger partial charge in [-0.3, -0.25) is 0 Å². The molecule has 0 radical (unpaired) electrons. The molecule has 1 heterocycles. The summed E-state index contributed by atoms with van der Waals surface area (Å²) < 4.78 is 36.3. The third-order valence-corrected chi connectivity index (χ3v) is 2.71. The second kappa shape index (κ2) is 6.44. The average Bonchev–Trinajstić information content (AvgIpc) is 2.18. The van der Waals surface area contributed by atoms with Crippen molar-refractivity contribution in [2.24, 2.45) is 0 Å². The van der Waals surface area contributed by atoms with Crippen molar-refractivity contribution < 1.29 is 13.2 Å². The largest absolute Gasteiger partial charge is 0.389 e. The fraction of sp³-hybridized carbons (Fsp3) is 0.500. The summed E-state index contributed by atoms with van der Waals surface area (Å²) in [5.74, 6) is 0.488. The molecule has 2 nitrogen and oxygen atoms in total. The lowest BCUT2D eigenvalue weighted by molar-refractivity contribution is -0.135. The Balaban J connectivity index is 2.27. The smallest absolute Gasteiger partial charge is 0.369 e. The monoisotopic (exact) mass is 330 g/mol. The molecule has 0 aliphatic carbocycles. The second-order valence-corrected chi connectivity index (χ2v) is 4.81. The molecule has 0 saturated carbocycles. The van der Waals surface area contributed by atoms with Crippen molar-refractivity contribution in [3.63, 3.8) is 0 Å². The van der Waals surface area contributed by atoms with Crippen molar-refractivity contribution in [2.45, 2.75) is 25.4 Å². The maximum absolute atomic E-state index is 11.9. The normalized spacial score (nSPS) is 11.6. The fourth-order valence-corrected chi connectivity index (χ4v) is 1.90. The van der Waals surface area contributed by atoms with Gasteiger partial charge in [0.15, 0.2) is 0 Å². The molecule has 1 N–H and O–H groups in total. The molecule has 0 aliphatic heterocycles. The molecule has 0 saturated heterocycles. The highest BCUT2D eigenvalue weighted by Gasteiger charge is 2.25. The summed E-state index contributed by atoms with van der Waals surface area (Å²) in [7, 11) is 0. The molecule has 0 aromatic carbocycles. The minimum Gasteiger partial charge on any atom is -0.369 e. The maximum Gasteiger partial charge on any atom is 0.389 e. The lowest BCUT2D eigenvalue weighted by Crippen LogP contribution is -2.09. The highest BCUT2D eigenvalue weighted by Crippen LogP contribution is 2.24. The van der Waals surface area contributed by atoms with E-state index in [1.54, 1.807) is 12.3 Å². The molecule has 1 aromatic heterocycles. The van der Waals surface area contributed by atoms with Crippen LogP contribution in [-0.2, 0) is 0 Å². The molecule has 1 rings (SSSR count). The minimum atomic E-state index is -4.08. The van der Waals surface area contributed by atoms with Crippen LogP contribution in [0.15, 0.2) is 16.7 Å². The number of hydrogen-bond acceptors (Lipinski definition) is 2. The summed E-state index contributed by atoms with van der Waals surface area (Å²) in [5.41, 5.74) is 0. The molecule has 17 heavy (non-hydrogen) atoms. The summed E-state index contributed by atoms with van der Waals surface area (Å²) in [5, 5.41) is 3.34. The SMILES string of the molecule is FC(F)(F)CCCCNc1ncc(Br)cc1Cl.